The molecule has 1 aliphatic rings. The van der Waals surface area contributed by atoms with Crippen molar-refractivity contribution in [1.29, 1.82) is 0 Å². The largest absolute Gasteiger partial charge is 0.497 e. The Bertz CT molecular complexity index is 581. The van der Waals surface area contributed by atoms with Gasteiger partial charge in [-0.15, -0.1) is 0 Å². The van der Waals surface area contributed by atoms with E-state index in [2.05, 4.69) is 4.72 Å². The normalized spacial score (nSPS) is 22.6. The minimum Gasteiger partial charge on any atom is -0.497 e. The molecule has 0 spiro atoms. The van der Waals surface area contributed by atoms with Gasteiger partial charge in [-0.1, -0.05) is 6.42 Å². The maximum atomic E-state index is 12.2. The number of sulfonamides is 1. The molecule has 0 bridgehead atoms. The van der Waals surface area contributed by atoms with Crippen LogP contribution in [-0.4, -0.2) is 32.6 Å². The number of hydrogen-bond donors (Lipinski definition) is 2. The van der Waals surface area contributed by atoms with Gasteiger partial charge in [-0.2, -0.15) is 0 Å². The first-order chi connectivity index (χ1) is 9.44. The van der Waals surface area contributed by atoms with Crippen LogP contribution in [0.4, 0.5) is 0 Å². The standard InChI is InChI=1S/C13H17NO5S/c1-19-9-5-7-10(8-6-9)20(17,18)14-12-4-2-3-11(12)13(15)16/h5-8,11-12,14H,2-4H2,1H3,(H,15,16). The minimum absolute atomic E-state index is 0.106. The van der Waals surface area contributed by atoms with Crippen molar-refractivity contribution in [2.45, 2.75) is 30.2 Å². The smallest absolute Gasteiger partial charge is 0.308 e. The summed E-state index contributed by atoms with van der Waals surface area (Å²) in [6, 6.07) is 5.44. The van der Waals surface area contributed by atoms with E-state index in [0.717, 1.165) is 0 Å². The predicted octanol–water partition coefficient (Wildman–Crippen LogP) is 1.23. The van der Waals surface area contributed by atoms with E-state index in [0.29, 0.717) is 25.0 Å². The Labute approximate surface area is 117 Å². The van der Waals surface area contributed by atoms with Crippen molar-refractivity contribution in [3.05, 3.63) is 24.3 Å². The van der Waals surface area contributed by atoms with Crippen LogP contribution in [0.15, 0.2) is 29.2 Å². The van der Waals surface area contributed by atoms with Crippen LogP contribution in [0.5, 0.6) is 5.75 Å². The first-order valence-electron chi connectivity index (χ1n) is 6.33. The molecule has 0 radical (unpaired) electrons. The molecule has 1 aromatic rings. The average molecular weight is 299 g/mol. The van der Waals surface area contributed by atoms with Crippen molar-refractivity contribution in [1.82, 2.24) is 4.72 Å². The van der Waals surface area contributed by atoms with Gasteiger partial charge in [0.25, 0.3) is 0 Å². The molecule has 0 amide bonds. The number of carboxylic acid groups (broad SMARTS) is 1. The van der Waals surface area contributed by atoms with Crippen molar-refractivity contribution in [2.24, 2.45) is 5.92 Å². The molecule has 110 valence electrons. The fourth-order valence-corrected chi connectivity index (χ4v) is 3.73. The molecule has 0 aromatic heterocycles. The number of hydrogen-bond acceptors (Lipinski definition) is 4. The second-order valence-electron chi connectivity index (χ2n) is 4.78. The van der Waals surface area contributed by atoms with E-state index < -0.39 is 28.0 Å². The minimum atomic E-state index is -3.70. The van der Waals surface area contributed by atoms with Gasteiger partial charge in [-0.05, 0) is 37.1 Å². The molecular weight excluding hydrogens is 282 g/mol. The summed E-state index contributed by atoms with van der Waals surface area (Å²) >= 11 is 0. The summed E-state index contributed by atoms with van der Waals surface area (Å²) in [7, 11) is -2.21. The van der Waals surface area contributed by atoms with E-state index >= 15 is 0 Å². The highest BCUT2D eigenvalue weighted by Crippen LogP contribution is 2.27. The molecule has 2 unspecified atom stereocenters. The molecule has 2 N–H and O–H groups in total. The number of carboxylic acids is 1. The van der Waals surface area contributed by atoms with E-state index in [-0.39, 0.29) is 4.90 Å². The predicted molar refractivity (Wildman–Crippen MR) is 72.1 cm³/mol. The highest BCUT2D eigenvalue weighted by Gasteiger charge is 2.35. The molecule has 1 saturated carbocycles. The highest BCUT2D eigenvalue weighted by molar-refractivity contribution is 7.89. The van der Waals surface area contributed by atoms with Crippen LogP contribution in [0, 0.1) is 5.92 Å². The molecular formula is C13H17NO5S. The topological polar surface area (TPSA) is 92.7 Å². The van der Waals surface area contributed by atoms with Crippen molar-refractivity contribution in [2.75, 3.05) is 7.11 Å². The first-order valence-corrected chi connectivity index (χ1v) is 7.81. The average Bonchev–Trinajstić information content (AvgIpc) is 2.86. The molecule has 0 aliphatic heterocycles. The second-order valence-corrected chi connectivity index (χ2v) is 6.49. The van der Waals surface area contributed by atoms with Crippen LogP contribution in [0.1, 0.15) is 19.3 Å². The molecule has 2 atom stereocenters. The lowest BCUT2D eigenvalue weighted by Crippen LogP contribution is -2.40. The van der Waals surface area contributed by atoms with E-state index in [4.69, 9.17) is 9.84 Å². The Balaban J connectivity index is 2.16. The Morgan fingerprint density at radius 1 is 1.30 bits per heavy atom. The fraction of sp³-hybridized carbons (Fsp3) is 0.462. The van der Waals surface area contributed by atoms with Crippen molar-refractivity contribution in [3.8, 4) is 5.75 Å². The van der Waals surface area contributed by atoms with Crippen LogP contribution < -0.4 is 9.46 Å². The number of nitrogens with one attached hydrogen (secondary N) is 1. The quantitative estimate of drug-likeness (QED) is 0.853. The molecule has 1 aromatic carbocycles. The molecule has 1 fully saturated rings. The molecule has 20 heavy (non-hydrogen) atoms. The summed E-state index contributed by atoms with van der Waals surface area (Å²) in [6.07, 6.45) is 1.77. The molecule has 1 aliphatic carbocycles. The number of ether oxygens (including phenoxy) is 1. The maximum Gasteiger partial charge on any atom is 0.308 e. The summed E-state index contributed by atoms with van der Waals surface area (Å²) in [4.78, 5) is 11.2. The summed E-state index contributed by atoms with van der Waals surface area (Å²) in [6.45, 7) is 0. The van der Waals surface area contributed by atoms with Crippen LogP contribution in [-0.2, 0) is 14.8 Å². The third-order valence-corrected chi connectivity index (χ3v) is 5.02. The third kappa shape index (κ3) is 3.10. The zero-order chi connectivity index (χ0) is 14.8. The van der Waals surface area contributed by atoms with Gasteiger partial charge in [0.1, 0.15) is 5.75 Å². The monoisotopic (exact) mass is 299 g/mol. The number of benzene rings is 1. The van der Waals surface area contributed by atoms with Gasteiger partial charge in [0.05, 0.1) is 17.9 Å². The van der Waals surface area contributed by atoms with Crippen LogP contribution in [0.25, 0.3) is 0 Å². The van der Waals surface area contributed by atoms with Gasteiger partial charge in [0, 0.05) is 6.04 Å². The zero-order valence-electron chi connectivity index (χ0n) is 11.1. The Hall–Kier alpha value is -1.60. The molecule has 2 rings (SSSR count). The number of carbonyl (C=O) groups is 1. The van der Waals surface area contributed by atoms with Crippen molar-refractivity contribution < 1.29 is 23.1 Å². The third-order valence-electron chi connectivity index (χ3n) is 3.51. The lowest BCUT2D eigenvalue weighted by Gasteiger charge is -2.17. The summed E-state index contributed by atoms with van der Waals surface area (Å²) in [5, 5.41) is 9.07. The second kappa shape index (κ2) is 5.80. The molecule has 0 heterocycles. The van der Waals surface area contributed by atoms with Gasteiger partial charge < -0.3 is 9.84 Å². The van der Waals surface area contributed by atoms with E-state index in [1.165, 1.54) is 19.2 Å². The molecule has 6 nitrogen and oxygen atoms in total. The van der Waals surface area contributed by atoms with Crippen molar-refractivity contribution >= 4 is 16.0 Å². The summed E-state index contributed by atoms with van der Waals surface area (Å²) in [5.74, 6) is -1.04. The lowest BCUT2D eigenvalue weighted by molar-refractivity contribution is -0.141. The summed E-state index contributed by atoms with van der Waals surface area (Å²) < 4.78 is 31.9. The fourth-order valence-electron chi connectivity index (χ4n) is 2.42. The highest BCUT2D eigenvalue weighted by atomic mass is 32.2. The Morgan fingerprint density at radius 3 is 2.50 bits per heavy atom. The lowest BCUT2D eigenvalue weighted by atomic mass is 10.1. The Morgan fingerprint density at radius 2 is 1.95 bits per heavy atom. The summed E-state index contributed by atoms with van der Waals surface area (Å²) in [5.41, 5.74) is 0. The van der Waals surface area contributed by atoms with E-state index in [1.807, 2.05) is 0 Å². The number of aliphatic carboxylic acids is 1. The van der Waals surface area contributed by atoms with Crippen molar-refractivity contribution in [3.63, 3.8) is 0 Å². The SMILES string of the molecule is COc1ccc(S(=O)(=O)NC2CCCC2C(=O)O)cc1. The van der Waals surface area contributed by atoms with Gasteiger partial charge in [0.15, 0.2) is 0 Å². The van der Waals surface area contributed by atoms with Gasteiger partial charge in [-0.25, -0.2) is 13.1 Å². The van der Waals surface area contributed by atoms with Crippen LogP contribution in [0.3, 0.4) is 0 Å². The van der Waals surface area contributed by atoms with Gasteiger partial charge in [-0.3, -0.25) is 4.79 Å². The molecule has 7 heteroatoms. The van der Waals surface area contributed by atoms with E-state index in [1.54, 1.807) is 12.1 Å². The van der Waals surface area contributed by atoms with E-state index in [9.17, 15) is 13.2 Å². The maximum absolute atomic E-state index is 12.2. The first kappa shape index (κ1) is 14.8. The van der Waals surface area contributed by atoms with Gasteiger partial charge >= 0.3 is 5.97 Å². The number of methoxy groups -OCH3 is 1. The van der Waals surface area contributed by atoms with Crippen LogP contribution in [0.2, 0.25) is 0 Å². The number of rotatable bonds is 5. The van der Waals surface area contributed by atoms with Crippen LogP contribution >= 0.6 is 0 Å². The Kier molecular flexibility index (Phi) is 4.29. The zero-order valence-corrected chi connectivity index (χ0v) is 11.9. The molecule has 0 saturated heterocycles. The van der Waals surface area contributed by atoms with Gasteiger partial charge in [0.2, 0.25) is 10.0 Å².